The molecule has 0 aliphatic carbocycles. The van der Waals surface area contributed by atoms with Gasteiger partial charge < -0.3 is 20.9 Å². The minimum absolute atomic E-state index is 0.0617. The highest BCUT2D eigenvalue weighted by atomic mass is 16.5. The van der Waals surface area contributed by atoms with Crippen molar-refractivity contribution in [3.63, 3.8) is 0 Å². The van der Waals surface area contributed by atoms with Crippen molar-refractivity contribution in [2.24, 2.45) is 5.73 Å². The van der Waals surface area contributed by atoms with Crippen LogP contribution in [0.2, 0.25) is 0 Å². The molecule has 0 aliphatic rings. The van der Waals surface area contributed by atoms with E-state index >= 15 is 0 Å². The third kappa shape index (κ3) is 5.21. The van der Waals surface area contributed by atoms with Crippen molar-refractivity contribution < 1.29 is 9.47 Å². The summed E-state index contributed by atoms with van der Waals surface area (Å²) in [5.74, 6) is 1.69. The number of nitrogens with one attached hydrogen (secondary N) is 1. The zero-order valence-corrected chi connectivity index (χ0v) is 13.3. The summed E-state index contributed by atoms with van der Waals surface area (Å²) < 4.78 is 11.3. The van der Waals surface area contributed by atoms with Crippen LogP contribution in [0.1, 0.15) is 24.0 Å². The maximum atomic E-state index is 7.33. The van der Waals surface area contributed by atoms with Crippen molar-refractivity contribution >= 4 is 11.5 Å². The first-order valence-electron chi connectivity index (χ1n) is 7.62. The van der Waals surface area contributed by atoms with E-state index in [2.05, 4.69) is 0 Å². The molecule has 23 heavy (non-hydrogen) atoms. The number of rotatable bonds is 8. The van der Waals surface area contributed by atoms with E-state index in [-0.39, 0.29) is 5.84 Å². The molecule has 0 amide bonds. The summed E-state index contributed by atoms with van der Waals surface area (Å²) in [5.41, 5.74) is 13.7. The third-order valence-electron chi connectivity index (χ3n) is 3.48. The Kier molecular flexibility index (Phi) is 5.86. The first-order valence-corrected chi connectivity index (χ1v) is 7.62. The molecule has 0 saturated heterocycles. The molecule has 0 heterocycles. The Morgan fingerprint density at radius 3 is 2.09 bits per heavy atom. The van der Waals surface area contributed by atoms with Crippen molar-refractivity contribution in [3.8, 4) is 11.5 Å². The first-order chi connectivity index (χ1) is 11.1. The zero-order valence-electron chi connectivity index (χ0n) is 13.3. The highest BCUT2D eigenvalue weighted by Crippen LogP contribution is 2.19. The Morgan fingerprint density at radius 1 is 0.957 bits per heavy atom. The van der Waals surface area contributed by atoms with E-state index in [1.807, 2.05) is 37.3 Å². The Morgan fingerprint density at radius 2 is 1.52 bits per heavy atom. The molecule has 2 aromatic rings. The molecule has 0 saturated carbocycles. The highest BCUT2D eigenvalue weighted by Gasteiger charge is 1.99. The van der Waals surface area contributed by atoms with E-state index in [1.54, 1.807) is 12.1 Å². The average molecular weight is 313 g/mol. The van der Waals surface area contributed by atoms with Gasteiger partial charge in [-0.15, -0.1) is 0 Å². The number of anilines is 1. The van der Waals surface area contributed by atoms with Gasteiger partial charge in [0.25, 0.3) is 0 Å². The molecule has 0 unspecified atom stereocenters. The van der Waals surface area contributed by atoms with Gasteiger partial charge in [0.15, 0.2) is 0 Å². The first kappa shape index (κ1) is 16.7. The number of nitrogen functional groups attached to an aromatic ring is 2. The van der Waals surface area contributed by atoms with Crippen LogP contribution in [0, 0.1) is 12.3 Å². The Hall–Kier alpha value is -2.69. The fourth-order valence-corrected chi connectivity index (χ4v) is 2.05. The van der Waals surface area contributed by atoms with Gasteiger partial charge in [-0.25, -0.2) is 0 Å². The summed E-state index contributed by atoms with van der Waals surface area (Å²) in [6, 6.07) is 12.9. The molecule has 0 atom stereocenters. The smallest absolute Gasteiger partial charge is 0.122 e. The van der Waals surface area contributed by atoms with Crippen LogP contribution in [0.3, 0.4) is 0 Å². The highest BCUT2D eigenvalue weighted by molar-refractivity contribution is 5.94. The standard InChI is InChI=1S/C18H23N3O2/c1-13-12-16(8-9-17(13)19)23-11-3-2-10-22-15-6-4-14(5-7-15)18(20)21/h4-9,12H,2-3,10-11,19H2,1H3,(H3,20,21). The lowest BCUT2D eigenvalue weighted by Crippen LogP contribution is -2.10. The summed E-state index contributed by atoms with van der Waals surface area (Å²) >= 11 is 0. The van der Waals surface area contributed by atoms with Gasteiger partial charge in [0.2, 0.25) is 0 Å². The molecule has 2 rings (SSSR count). The number of hydrogen-bond donors (Lipinski definition) is 3. The van der Waals surface area contributed by atoms with E-state index in [1.165, 1.54) is 0 Å². The normalized spacial score (nSPS) is 10.3. The van der Waals surface area contributed by atoms with Crippen LogP contribution in [0.4, 0.5) is 5.69 Å². The van der Waals surface area contributed by atoms with E-state index in [9.17, 15) is 0 Å². The van der Waals surface area contributed by atoms with Crippen molar-refractivity contribution in [3.05, 3.63) is 53.6 Å². The van der Waals surface area contributed by atoms with E-state index < -0.39 is 0 Å². The number of amidine groups is 1. The summed E-state index contributed by atoms with van der Waals surface area (Å²) in [4.78, 5) is 0. The number of nitrogens with two attached hydrogens (primary N) is 2. The molecule has 122 valence electrons. The zero-order chi connectivity index (χ0) is 16.7. The summed E-state index contributed by atoms with van der Waals surface area (Å²) in [5, 5.41) is 7.33. The van der Waals surface area contributed by atoms with Gasteiger partial charge in [0, 0.05) is 11.3 Å². The van der Waals surface area contributed by atoms with Crippen LogP contribution < -0.4 is 20.9 Å². The SMILES string of the molecule is Cc1cc(OCCCCOc2ccc(C(=N)N)cc2)ccc1N. The molecule has 0 spiro atoms. The Labute approximate surface area is 136 Å². The van der Waals surface area contributed by atoms with Gasteiger partial charge >= 0.3 is 0 Å². The number of ether oxygens (including phenoxy) is 2. The maximum absolute atomic E-state index is 7.33. The molecule has 2 aromatic carbocycles. The van der Waals surface area contributed by atoms with E-state index in [0.29, 0.717) is 18.8 Å². The van der Waals surface area contributed by atoms with Gasteiger partial charge in [-0.2, -0.15) is 0 Å². The Balaban J connectivity index is 1.63. The summed E-state index contributed by atoms with van der Waals surface area (Å²) in [7, 11) is 0. The van der Waals surface area contributed by atoms with E-state index in [4.69, 9.17) is 26.4 Å². The monoisotopic (exact) mass is 313 g/mol. The van der Waals surface area contributed by atoms with Gasteiger partial charge in [-0.3, -0.25) is 5.41 Å². The summed E-state index contributed by atoms with van der Waals surface area (Å²) in [6.07, 6.45) is 1.82. The van der Waals surface area contributed by atoms with Gasteiger partial charge in [0.1, 0.15) is 17.3 Å². The minimum Gasteiger partial charge on any atom is -0.494 e. The fourth-order valence-electron chi connectivity index (χ4n) is 2.05. The van der Waals surface area contributed by atoms with Crippen molar-refractivity contribution in [1.82, 2.24) is 0 Å². The lowest BCUT2D eigenvalue weighted by atomic mass is 10.2. The topological polar surface area (TPSA) is 94.3 Å². The van der Waals surface area contributed by atoms with Crippen molar-refractivity contribution in [2.75, 3.05) is 18.9 Å². The molecule has 0 aromatic heterocycles. The fraction of sp³-hybridized carbons (Fsp3) is 0.278. The summed E-state index contributed by atoms with van der Waals surface area (Å²) in [6.45, 7) is 3.24. The number of hydrogen-bond acceptors (Lipinski definition) is 4. The van der Waals surface area contributed by atoms with Crippen LogP contribution in [0.5, 0.6) is 11.5 Å². The average Bonchev–Trinajstić information content (AvgIpc) is 2.54. The predicted octanol–water partition coefficient (Wildman–Crippen LogP) is 3.10. The minimum atomic E-state index is 0.0617. The van der Waals surface area contributed by atoms with E-state index in [0.717, 1.165) is 35.6 Å². The molecule has 0 aliphatic heterocycles. The number of aryl methyl sites for hydroxylation is 1. The lowest BCUT2D eigenvalue weighted by Gasteiger charge is -2.09. The molecule has 0 radical (unpaired) electrons. The second-order valence-electron chi connectivity index (χ2n) is 5.36. The molecule has 0 fully saturated rings. The van der Waals surface area contributed by atoms with Crippen LogP contribution in [0.15, 0.2) is 42.5 Å². The van der Waals surface area contributed by atoms with Crippen LogP contribution in [-0.2, 0) is 0 Å². The van der Waals surface area contributed by atoms with Gasteiger partial charge in [-0.05, 0) is 67.8 Å². The van der Waals surface area contributed by atoms with Crippen LogP contribution in [-0.4, -0.2) is 19.0 Å². The largest absolute Gasteiger partial charge is 0.494 e. The van der Waals surface area contributed by atoms with Crippen molar-refractivity contribution in [2.45, 2.75) is 19.8 Å². The van der Waals surface area contributed by atoms with Gasteiger partial charge in [0.05, 0.1) is 13.2 Å². The third-order valence-corrected chi connectivity index (χ3v) is 3.48. The predicted molar refractivity (Wildman–Crippen MR) is 93.3 cm³/mol. The van der Waals surface area contributed by atoms with Crippen molar-refractivity contribution in [1.29, 1.82) is 5.41 Å². The van der Waals surface area contributed by atoms with Gasteiger partial charge in [-0.1, -0.05) is 0 Å². The second kappa shape index (κ2) is 8.08. The van der Waals surface area contributed by atoms with Crippen LogP contribution in [0.25, 0.3) is 0 Å². The lowest BCUT2D eigenvalue weighted by molar-refractivity contribution is 0.266. The quantitative estimate of drug-likeness (QED) is 0.302. The number of benzene rings is 2. The van der Waals surface area contributed by atoms with Crippen LogP contribution >= 0.6 is 0 Å². The Bertz CT molecular complexity index is 654. The molecular formula is C18H23N3O2. The molecule has 5 heteroatoms. The second-order valence-corrected chi connectivity index (χ2v) is 5.36. The maximum Gasteiger partial charge on any atom is 0.122 e. The molecular weight excluding hydrogens is 290 g/mol. The molecule has 0 bridgehead atoms. The molecule has 5 nitrogen and oxygen atoms in total. The molecule has 5 N–H and O–H groups in total. The number of unbranched alkanes of at least 4 members (excludes halogenated alkanes) is 1.